The fourth-order valence-corrected chi connectivity index (χ4v) is 3.44. The first kappa shape index (κ1) is 18.4. The molecule has 0 atom stereocenters. The molecule has 1 aliphatic carbocycles. The van der Waals surface area contributed by atoms with Gasteiger partial charge in [0.05, 0.1) is 17.1 Å². The molecule has 146 valence electrons. The lowest BCUT2D eigenvalue weighted by atomic mass is 10.1. The SMILES string of the molecule is O=C(NCc1ccc(OC2CCCC2)cc1)c1ccc2nc(C(F)F)[nH]c2c1. The Bertz CT molecular complexity index is 963. The molecule has 0 radical (unpaired) electrons. The standard InChI is InChI=1S/C21H21F2N3O2/c22-19(23)20-25-17-10-7-14(11-18(17)26-20)21(27)24-12-13-5-8-16(9-6-13)28-15-3-1-2-4-15/h5-11,15,19H,1-4,12H2,(H,24,27)(H,25,26). The second-order valence-electron chi connectivity index (χ2n) is 7.01. The predicted octanol–water partition coefficient (Wildman–Crippen LogP) is 4.75. The summed E-state index contributed by atoms with van der Waals surface area (Å²) in [6, 6.07) is 12.4. The van der Waals surface area contributed by atoms with E-state index in [1.165, 1.54) is 18.9 Å². The summed E-state index contributed by atoms with van der Waals surface area (Å²) < 4.78 is 31.4. The molecule has 0 spiro atoms. The van der Waals surface area contributed by atoms with Crippen LogP contribution in [0.15, 0.2) is 42.5 Å². The minimum atomic E-state index is -2.68. The van der Waals surface area contributed by atoms with Crippen LogP contribution in [0.3, 0.4) is 0 Å². The van der Waals surface area contributed by atoms with Crippen molar-refractivity contribution in [3.05, 3.63) is 59.4 Å². The number of benzene rings is 2. The molecule has 1 fully saturated rings. The number of nitrogens with zero attached hydrogens (tertiary/aromatic N) is 1. The van der Waals surface area contributed by atoms with E-state index in [0.29, 0.717) is 29.2 Å². The van der Waals surface area contributed by atoms with E-state index >= 15 is 0 Å². The highest BCUT2D eigenvalue weighted by molar-refractivity contribution is 5.97. The number of amides is 1. The molecule has 2 aromatic carbocycles. The van der Waals surface area contributed by atoms with Gasteiger partial charge in [0.2, 0.25) is 0 Å². The van der Waals surface area contributed by atoms with Gasteiger partial charge in [0.1, 0.15) is 5.75 Å². The molecule has 1 saturated carbocycles. The van der Waals surface area contributed by atoms with Gasteiger partial charge >= 0.3 is 0 Å². The van der Waals surface area contributed by atoms with E-state index < -0.39 is 12.2 Å². The van der Waals surface area contributed by atoms with Gasteiger partial charge in [-0.2, -0.15) is 0 Å². The highest BCUT2D eigenvalue weighted by Crippen LogP contribution is 2.24. The van der Waals surface area contributed by atoms with Crippen molar-refractivity contribution in [1.82, 2.24) is 15.3 Å². The Morgan fingerprint density at radius 3 is 2.64 bits per heavy atom. The molecule has 1 amide bonds. The largest absolute Gasteiger partial charge is 0.490 e. The average Bonchev–Trinajstić information content (AvgIpc) is 3.36. The van der Waals surface area contributed by atoms with Crippen molar-refractivity contribution in [3.8, 4) is 5.75 Å². The molecule has 2 N–H and O–H groups in total. The molecular weight excluding hydrogens is 364 g/mol. The molecule has 0 saturated heterocycles. The normalized spacial score (nSPS) is 14.7. The molecule has 0 bridgehead atoms. The summed E-state index contributed by atoms with van der Waals surface area (Å²) in [5.74, 6) is 0.176. The number of nitrogens with one attached hydrogen (secondary N) is 2. The summed E-state index contributed by atoms with van der Waals surface area (Å²) in [5, 5.41) is 2.84. The van der Waals surface area contributed by atoms with E-state index in [-0.39, 0.29) is 5.91 Å². The number of imidazole rings is 1. The first-order chi connectivity index (χ1) is 13.6. The van der Waals surface area contributed by atoms with Crippen LogP contribution in [0.2, 0.25) is 0 Å². The van der Waals surface area contributed by atoms with E-state index in [2.05, 4.69) is 15.3 Å². The van der Waals surface area contributed by atoms with Crippen molar-refractivity contribution in [2.45, 2.75) is 44.8 Å². The summed E-state index contributed by atoms with van der Waals surface area (Å²) in [6.45, 7) is 0.367. The van der Waals surface area contributed by atoms with E-state index in [0.717, 1.165) is 24.2 Å². The lowest BCUT2D eigenvalue weighted by molar-refractivity contribution is 0.0951. The Hall–Kier alpha value is -2.96. The van der Waals surface area contributed by atoms with Crippen LogP contribution in [0.25, 0.3) is 11.0 Å². The van der Waals surface area contributed by atoms with Crippen LogP contribution < -0.4 is 10.1 Å². The third-order valence-electron chi connectivity index (χ3n) is 4.95. The monoisotopic (exact) mass is 385 g/mol. The number of rotatable bonds is 6. The van der Waals surface area contributed by atoms with E-state index in [9.17, 15) is 13.6 Å². The van der Waals surface area contributed by atoms with Crippen LogP contribution in [-0.2, 0) is 6.54 Å². The molecule has 0 unspecified atom stereocenters. The van der Waals surface area contributed by atoms with Crippen LogP contribution >= 0.6 is 0 Å². The topological polar surface area (TPSA) is 67.0 Å². The molecule has 28 heavy (non-hydrogen) atoms. The Labute approximate surface area is 161 Å². The van der Waals surface area contributed by atoms with Crippen LogP contribution in [0.4, 0.5) is 8.78 Å². The highest BCUT2D eigenvalue weighted by atomic mass is 19.3. The van der Waals surface area contributed by atoms with Crippen LogP contribution in [0.1, 0.15) is 53.9 Å². The Morgan fingerprint density at radius 2 is 1.93 bits per heavy atom. The summed E-state index contributed by atoms with van der Waals surface area (Å²) in [4.78, 5) is 18.7. The number of aromatic amines is 1. The maximum Gasteiger partial charge on any atom is 0.295 e. The summed E-state index contributed by atoms with van der Waals surface area (Å²) in [5.41, 5.74) is 2.16. The number of hydrogen-bond donors (Lipinski definition) is 2. The molecule has 1 aromatic heterocycles. The summed E-state index contributed by atoms with van der Waals surface area (Å²) >= 11 is 0. The number of aromatic nitrogens is 2. The number of carbonyl (C=O) groups is 1. The van der Waals surface area contributed by atoms with Gasteiger partial charge < -0.3 is 15.0 Å². The van der Waals surface area contributed by atoms with E-state index in [1.807, 2.05) is 24.3 Å². The molecule has 4 rings (SSSR count). The highest BCUT2D eigenvalue weighted by Gasteiger charge is 2.16. The first-order valence-corrected chi connectivity index (χ1v) is 9.40. The van der Waals surface area contributed by atoms with Crippen molar-refractivity contribution in [1.29, 1.82) is 0 Å². The van der Waals surface area contributed by atoms with Gasteiger partial charge in [-0.3, -0.25) is 4.79 Å². The van der Waals surface area contributed by atoms with Gasteiger partial charge in [0.25, 0.3) is 12.3 Å². The molecule has 1 heterocycles. The average molecular weight is 385 g/mol. The molecular formula is C21H21F2N3O2. The molecule has 1 aliphatic rings. The fraction of sp³-hybridized carbons (Fsp3) is 0.333. The van der Waals surface area contributed by atoms with Crippen LogP contribution in [0, 0.1) is 0 Å². The third kappa shape index (κ3) is 4.13. The van der Waals surface area contributed by atoms with Crippen molar-refractivity contribution >= 4 is 16.9 Å². The lowest BCUT2D eigenvalue weighted by Crippen LogP contribution is -2.22. The number of H-pyrrole nitrogens is 1. The number of hydrogen-bond acceptors (Lipinski definition) is 3. The van der Waals surface area contributed by atoms with Crippen molar-refractivity contribution in [2.75, 3.05) is 0 Å². The smallest absolute Gasteiger partial charge is 0.295 e. The van der Waals surface area contributed by atoms with E-state index in [4.69, 9.17) is 4.74 Å². The van der Waals surface area contributed by atoms with Gasteiger partial charge in [-0.1, -0.05) is 12.1 Å². The Kier molecular flexibility index (Phi) is 5.23. The van der Waals surface area contributed by atoms with Gasteiger partial charge in [0, 0.05) is 12.1 Å². The number of carbonyl (C=O) groups excluding carboxylic acids is 1. The first-order valence-electron chi connectivity index (χ1n) is 9.40. The molecule has 5 nitrogen and oxygen atoms in total. The minimum Gasteiger partial charge on any atom is -0.490 e. The zero-order chi connectivity index (χ0) is 19.5. The summed E-state index contributed by atoms with van der Waals surface area (Å²) in [6.07, 6.45) is 2.30. The van der Waals surface area contributed by atoms with Crippen LogP contribution in [-0.4, -0.2) is 22.0 Å². The maximum absolute atomic E-state index is 12.7. The second kappa shape index (κ2) is 7.96. The zero-order valence-corrected chi connectivity index (χ0v) is 15.3. The number of ether oxygens (including phenoxy) is 1. The lowest BCUT2D eigenvalue weighted by Gasteiger charge is -2.13. The van der Waals surface area contributed by atoms with Gasteiger partial charge in [-0.15, -0.1) is 0 Å². The number of halogens is 2. The number of alkyl halides is 2. The van der Waals surface area contributed by atoms with E-state index in [1.54, 1.807) is 12.1 Å². The van der Waals surface area contributed by atoms with Crippen molar-refractivity contribution in [2.24, 2.45) is 0 Å². The maximum atomic E-state index is 12.7. The Morgan fingerprint density at radius 1 is 1.18 bits per heavy atom. The quantitative estimate of drug-likeness (QED) is 0.643. The number of fused-ring (bicyclic) bond motifs is 1. The summed E-state index contributed by atoms with van der Waals surface area (Å²) in [7, 11) is 0. The molecule has 7 heteroatoms. The Balaban J connectivity index is 1.36. The molecule has 0 aliphatic heterocycles. The van der Waals surface area contributed by atoms with Crippen molar-refractivity contribution in [3.63, 3.8) is 0 Å². The fourth-order valence-electron chi connectivity index (χ4n) is 3.44. The van der Waals surface area contributed by atoms with Gasteiger partial charge in [0.15, 0.2) is 5.82 Å². The van der Waals surface area contributed by atoms with Crippen LogP contribution in [0.5, 0.6) is 5.75 Å². The van der Waals surface area contributed by atoms with Gasteiger partial charge in [-0.05, 0) is 61.6 Å². The van der Waals surface area contributed by atoms with Gasteiger partial charge in [-0.25, -0.2) is 13.8 Å². The third-order valence-corrected chi connectivity index (χ3v) is 4.95. The minimum absolute atomic E-state index is 0.277. The second-order valence-corrected chi connectivity index (χ2v) is 7.01. The predicted molar refractivity (Wildman–Crippen MR) is 102 cm³/mol. The molecule has 3 aromatic rings. The zero-order valence-electron chi connectivity index (χ0n) is 15.3. The van der Waals surface area contributed by atoms with Crippen molar-refractivity contribution < 1.29 is 18.3 Å².